The van der Waals surface area contributed by atoms with E-state index in [2.05, 4.69) is 29.2 Å². The summed E-state index contributed by atoms with van der Waals surface area (Å²) < 4.78 is 13.0. The summed E-state index contributed by atoms with van der Waals surface area (Å²) in [6.45, 7) is 6.66. The van der Waals surface area contributed by atoms with Crippen LogP contribution in [-0.2, 0) is 4.79 Å². The third-order valence-corrected chi connectivity index (χ3v) is 4.28. The molecule has 0 radical (unpaired) electrons. The summed E-state index contributed by atoms with van der Waals surface area (Å²) >= 11 is 0. The van der Waals surface area contributed by atoms with Gasteiger partial charge in [0.1, 0.15) is 17.6 Å². The first-order valence-electron chi connectivity index (χ1n) is 8.85. The smallest absolute Gasteiger partial charge is 0.352 e. The van der Waals surface area contributed by atoms with E-state index < -0.39 is 12.0 Å². The normalized spacial score (nSPS) is 15.7. The van der Waals surface area contributed by atoms with Crippen LogP contribution in [0.2, 0.25) is 0 Å². The summed E-state index contributed by atoms with van der Waals surface area (Å²) in [6, 6.07) is 5.17. The van der Waals surface area contributed by atoms with Gasteiger partial charge in [-0.25, -0.2) is 9.48 Å². The molecule has 144 valence electrons. The number of carbonyl (C=O) groups is 1. The van der Waals surface area contributed by atoms with Crippen molar-refractivity contribution < 1.29 is 19.4 Å². The standard InChI is InChI=1S/C19H24N4O4/c1-11(2)7-8-27-16-6-5-13(9-17(16)26-4)15-10-14(18(24)25)21-19-20-12(3)22-23(15)19/h5-6,9-11,15H,7-8H2,1-4H3,(H,24,25)(H,20,21,22)/t15-/m1/s1. The number of allylic oxidation sites excluding steroid dienone is 1. The van der Waals surface area contributed by atoms with Crippen LogP contribution in [0.4, 0.5) is 5.95 Å². The van der Waals surface area contributed by atoms with Gasteiger partial charge in [0.05, 0.1) is 13.7 Å². The minimum atomic E-state index is -1.05. The third kappa shape index (κ3) is 4.05. The number of ether oxygens (including phenoxy) is 2. The molecule has 1 atom stereocenters. The zero-order chi connectivity index (χ0) is 19.6. The topological polar surface area (TPSA) is 98.5 Å². The van der Waals surface area contributed by atoms with Crippen LogP contribution in [0.5, 0.6) is 11.5 Å². The van der Waals surface area contributed by atoms with Crippen molar-refractivity contribution in [2.75, 3.05) is 19.0 Å². The molecule has 0 fully saturated rings. The predicted molar refractivity (Wildman–Crippen MR) is 100 cm³/mol. The van der Waals surface area contributed by atoms with Gasteiger partial charge in [0.25, 0.3) is 0 Å². The molecule has 1 aromatic carbocycles. The Labute approximate surface area is 157 Å². The lowest BCUT2D eigenvalue weighted by Gasteiger charge is -2.23. The molecular weight excluding hydrogens is 348 g/mol. The number of nitrogens with one attached hydrogen (secondary N) is 1. The number of benzene rings is 1. The summed E-state index contributed by atoms with van der Waals surface area (Å²) in [4.78, 5) is 15.7. The van der Waals surface area contributed by atoms with E-state index in [4.69, 9.17) is 9.47 Å². The highest BCUT2D eigenvalue weighted by Crippen LogP contribution is 2.35. The fraction of sp³-hybridized carbons (Fsp3) is 0.421. The second-order valence-electron chi connectivity index (χ2n) is 6.82. The Bertz CT molecular complexity index is 873. The zero-order valence-corrected chi connectivity index (χ0v) is 15.9. The molecule has 0 saturated carbocycles. The second kappa shape index (κ2) is 7.69. The molecule has 2 N–H and O–H groups in total. The molecule has 8 nitrogen and oxygen atoms in total. The third-order valence-electron chi connectivity index (χ3n) is 4.28. The Morgan fingerprint density at radius 1 is 1.37 bits per heavy atom. The van der Waals surface area contributed by atoms with E-state index in [0.29, 0.717) is 35.8 Å². The first-order chi connectivity index (χ1) is 12.9. The minimum absolute atomic E-state index is 0.0659. The number of aryl methyl sites for hydroxylation is 1. The van der Waals surface area contributed by atoms with Gasteiger partial charge in [-0.2, -0.15) is 10.1 Å². The molecule has 27 heavy (non-hydrogen) atoms. The van der Waals surface area contributed by atoms with E-state index in [1.807, 2.05) is 18.2 Å². The van der Waals surface area contributed by atoms with Gasteiger partial charge in [0.2, 0.25) is 5.95 Å². The van der Waals surface area contributed by atoms with Crippen LogP contribution in [0.3, 0.4) is 0 Å². The van der Waals surface area contributed by atoms with Crippen LogP contribution in [0.25, 0.3) is 0 Å². The monoisotopic (exact) mass is 372 g/mol. The minimum Gasteiger partial charge on any atom is -0.493 e. The van der Waals surface area contributed by atoms with Gasteiger partial charge >= 0.3 is 5.97 Å². The van der Waals surface area contributed by atoms with E-state index in [1.54, 1.807) is 24.8 Å². The van der Waals surface area contributed by atoms with Crippen LogP contribution < -0.4 is 14.8 Å². The lowest BCUT2D eigenvalue weighted by Crippen LogP contribution is -2.24. The fourth-order valence-corrected chi connectivity index (χ4v) is 2.85. The molecule has 2 aromatic rings. The lowest BCUT2D eigenvalue weighted by atomic mass is 10.0. The molecule has 0 saturated heterocycles. The summed E-state index contributed by atoms with van der Waals surface area (Å²) in [5.41, 5.74) is 0.894. The van der Waals surface area contributed by atoms with Crippen LogP contribution in [-0.4, -0.2) is 39.6 Å². The number of rotatable bonds is 7. The molecule has 8 heteroatoms. The molecule has 1 aliphatic heterocycles. The van der Waals surface area contributed by atoms with Gasteiger partial charge in [0, 0.05) is 0 Å². The highest BCUT2D eigenvalue weighted by atomic mass is 16.5. The highest BCUT2D eigenvalue weighted by molar-refractivity contribution is 5.90. The van der Waals surface area contributed by atoms with Crippen molar-refractivity contribution in [2.24, 2.45) is 5.92 Å². The van der Waals surface area contributed by atoms with Gasteiger partial charge in [-0.3, -0.25) is 0 Å². The van der Waals surface area contributed by atoms with E-state index in [1.165, 1.54) is 0 Å². The number of hydrogen-bond acceptors (Lipinski definition) is 6. The van der Waals surface area contributed by atoms with Gasteiger partial charge < -0.3 is 19.9 Å². The molecule has 0 amide bonds. The van der Waals surface area contributed by atoms with Gasteiger partial charge in [-0.05, 0) is 43.0 Å². The molecule has 3 rings (SSSR count). The van der Waals surface area contributed by atoms with Crippen LogP contribution in [0.15, 0.2) is 30.0 Å². The number of fused-ring (bicyclic) bond motifs is 1. The number of nitrogens with zero attached hydrogens (tertiary/aromatic N) is 3. The molecular formula is C19H24N4O4. The number of aromatic nitrogens is 3. The molecule has 1 aromatic heterocycles. The fourth-order valence-electron chi connectivity index (χ4n) is 2.85. The number of hydrogen-bond donors (Lipinski definition) is 2. The first-order valence-corrected chi connectivity index (χ1v) is 8.85. The van der Waals surface area contributed by atoms with Crippen molar-refractivity contribution in [3.05, 3.63) is 41.4 Å². The Balaban J connectivity index is 1.93. The van der Waals surface area contributed by atoms with Crippen LogP contribution in [0.1, 0.15) is 37.7 Å². The van der Waals surface area contributed by atoms with E-state index in [-0.39, 0.29) is 5.70 Å². The SMILES string of the molecule is COc1cc([C@H]2C=C(C(=O)O)Nc3nc(C)nn32)ccc1OCCC(C)C. The summed E-state index contributed by atoms with van der Waals surface area (Å²) in [7, 11) is 1.58. The lowest BCUT2D eigenvalue weighted by molar-refractivity contribution is -0.132. The number of anilines is 1. The van der Waals surface area contributed by atoms with Crippen LogP contribution >= 0.6 is 0 Å². The van der Waals surface area contributed by atoms with Crippen LogP contribution in [0, 0.1) is 12.8 Å². The number of carboxylic acids is 1. The van der Waals surface area contributed by atoms with E-state index in [0.717, 1.165) is 12.0 Å². The Hall–Kier alpha value is -3.03. The second-order valence-corrected chi connectivity index (χ2v) is 6.82. The quantitative estimate of drug-likeness (QED) is 0.771. The molecule has 0 bridgehead atoms. The zero-order valence-electron chi connectivity index (χ0n) is 15.9. The van der Waals surface area contributed by atoms with E-state index >= 15 is 0 Å². The summed E-state index contributed by atoms with van der Waals surface area (Å²) in [5, 5.41) is 16.6. The van der Waals surface area contributed by atoms with Gasteiger partial charge in [0.15, 0.2) is 11.5 Å². The maximum Gasteiger partial charge on any atom is 0.352 e. The summed E-state index contributed by atoms with van der Waals surface area (Å²) in [6.07, 6.45) is 2.56. The van der Waals surface area contributed by atoms with Crippen molar-refractivity contribution in [1.82, 2.24) is 14.8 Å². The summed E-state index contributed by atoms with van der Waals surface area (Å²) in [5.74, 6) is 1.72. The largest absolute Gasteiger partial charge is 0.493 e. The maximum atomic E-state index is 11.5. The van der Waals surface area contributed by atoms with Crippen molar-refractivity contribution in [1.29, 1.82) is 0 Å². The molecule has 0 spiro atoms. The van der Waals surface area contributed by atoms with Crippen molar-refractivity contribution in [2.45, 2.75) is 33.2 Å². The Morgan fingerprint density at radius 3 is 2.81 bits per heavy atom. The molecule has 2 heterocycles. The van der Waals surface area contributed by atoms with Gasteiger partial charge in [-0.1, -0.05) is 19.9 Å². The Morgan fingerprint density at radius 2 is 2.15 bits per heavy atom. The number of aliphatic carboxylic acids is 1. The maximum absolute atomic E-state index is 11.5. The van der Waals surface area contributed by atoms with Gasteiger partial charge in [-0.15, -0.1) is 0 Å². The van der Waals surface area contributed by atoms with Crippen molar-refractivity contribution in [3.8, 4) is 11.5 Å². The Kier molecular flexibility index (Phi) is 5.34. The molecule has 0 aliphatic carbocycles. The van der Waals surface area contributed by atoms with Crippen molar-refractivity contribution in [3.63, 3.8) is 0 Å². The average molecular weight is 372 g/mol. The van der Waals surface area contributed by atoms with E-state index in [9.17, 15) is 9.90 Å². The molecule has 1 aliphatic rings. The number of methoxy groups -OCH3 is 1. The average Bonchev–Trinajstić information content (AvgIpc) is 3.00. The molecule has 0 unspecified atom stereocenters. The number of carboxylic acid groups (broad SMARTS) is 1. The predicted octanol–water partition coefficient (Wildman–Crippen LogP) is 3.00. The van der Waals surface area contributed by atoms with Crippen molar-refractivity contribution >= 4 is 11.9 Å². The highest BCUT2D eigenvalue weighted by Gasteiger charge is 2.27. The first kappa shape index (κ1) is 18.8.